The van der Waals surface area contributed by atoms with E-state index in [0.717, 1.165) is 0 Å². The molecule has 4 heteroatoms. The summed E-state index contributed by atoms with van der Waals surface area (Å²) >= 11 is 5.87. The lowest BCUT2D eigenvalue weighted by Gasteiger charge is -2.19. The van der Waals surface area contributed by atoms with E-state index in [1.807, 2.05) is 0 Å². The zero-order chi connectivity index (χ0) is 11.5. The molecule has 0 spiro atoms. The Hall–Kier alpha value is -1.22. The number of halogens is 1. The van der Waals surface area contributed by atoms with Crippen LogP contribution in [0.2, 0.25) is 5.02 Å². The van der Waals surface area contributed by atoms with Crippen LogP contribution in [0.25, 0.3) is 0 Å². The average Bonchev–Trinajstić information content (AvgIpc) is 2.05. The molecule has 0 fully saturated rings. The predicted molar refractivity (Wildman–Crippen MR) is 61.3 cm³/mol. The zero-order valence-corrected chi connectivity index (χ0v) is 9.76. The molecule has 3 nitrogen and oxygen atoms in total. The molecular formula is C11H14ClNO2. The highest BCUT2D eigenvalue weighted by atomic mass is 35.5. The number of benzene rings is 1. The van der Waals surface area contributed by atoms with Crippen LogP contribution >= 0.6 is 11.6 Å². The van der Waals surface area contributed by atoms with Crippen LogP contribution in [0.5, 0.6) is 0 Å². The Labute approximate surface area is 94.4 Å². The number of rotatable bonds is 1. The van der Waals surface area contributed by atoms with Gasteiger partial charge in [-0.3, -0.25) is 5.32 Å². The molecule has 0 aliphatic heterocycles. The summed E-state index contributed by atoms with van der Waals surface area (Å²) in [5, 5.41) is 3.06. The minimum atomic E-state index is -0.509. The fourth-order valence-electron chi connectivity index (χ4n) is 0.976. The van der Waals surface area contributed by atoms with Gasteiger partial charge in [0.15, 0.2) is 0 Å². The van der Waals surface area contributed by atoms with E-state index < -0.39 is 11.7 Å². The number of hydrogen-bond donors (Lipinski definition) is 1. The Morgan fingerprint density at radius 2 is 1.93 bits per heavy atom. The summed E-state index contributed by atoms with van der Waals surface area (Å²) in [6, 6.07) is 7.00. The highest BCUT2D eigenvalue weighted by molar-refractivity contribution is 6.33. The molecule has 0 unspecified atom stereocenters. The largest absolute Gasteiger partial charge is 0.444 e. The third-order valence-electron chi connectivity index (χ3n) is 1.51. The molecule has 0 saturated heterocycles. The monoisotopic (exact) mass is 227 g/mol. The van der Waals surface area contributed by atoms with Gasteiger partial charge in [-0.15, -0.1) is 0 Å². The van der Waals surface area contributed by atoms with Crippen LogP contribution in [0.1, 0.15) is 20.8 Å². The van der Waals surface area contributed by atoms with E-state index >= 15 is 0 Å². The first-order valence-electron chi connectivity index (χ1n) is 4.63. The first kappa shape index (κ1) is 11.9. The molecule has 0 saturated carbocycles. The van der Waals surface area contributed by atoms with Crippen LogP contribution < -0.4 is 5.32 Å². The normalized spacial score (nSPS) is 10.9. The summed E-state index contributed by atoms with van der Waals surface area (Å²) in [4.78, 5) is 11.4. The minimum absolute atomic E-state index is 0.489. The number of nitrogens with one attached hydrogen (secondary N) is 1. The number of carbonyl (C=O) groups excluding carboxylic acids is 1. The maximum Gasteiger partial charge on any atom is 0.412 e. The second-order valence-electron chi connectivity index (χ2n) is 4.11. The molecule has 15 heavy (non-hydrogen) atoms. The standard InChI is InChI=1S/C11H14ClNO2/c1-11(2,3)15-10(14)13-9-7-5-4-6-8(9)12/h4-7H,1-3H3,(H,13,14). The van der Waals surface area contributed by atoms with Crippen molar-refractivity contribution in [1.29, 1.82) is 0 Å². The minimum Gasteiger partial charge on any atom is -0.444 e. The summed E-state index contributed by atoms with van der Waals surface area (Å²) in [5.41, 5.74) is 0.0409. The number of anilines is 1. The number of amides is 1. The lowest BCUT2D eigenvalue weighted by atomic mass is 10.2. The van der Waals surface area contributed by atoms with Gasteiger partial charge in [-0.05, 0) is 32.9 Å². The van der Waals surface area contributed by atoms with Gasteiger partial charge in [0.2, 0.25) is 0 Å². The van der Waals surface area contributed by atoms with Crippen LogP contribution in [0, 0.1) is 0 Å². The van der Waals surface area contributed by atoms with Crippen LogP contribution in [0.4, 0.5) is 10.5 Å². The SMILES string of the molecule is CC(C)(C)OC(=O)Nc1ccccc1Cl. The topological polar surface area (TPSA) is 38.3 Å². The first-order valence-corrected chi connectivity index (χ1v) is 5.01. The molecule has 0 radical (unpaired) electrons. The molecule has 1 amide bonds. The Morgan fingerprint density at radius 3 is 2.47 bits per heavy atom. The maximum absolute atomic E-state index is 11.4. The van der Waals surface area contributed by atoms with E-state index in [2.05, 4.69) is 5.32 Å². The Kier molecular flexibility index (Phi) is 3.58. The van der Waals surface area contributed by atoms with Gasteiger partial charge < -0.3 is 4.74 Å². The average molecular weight is 228 g/mol. The summed E-state index contributed by atoms with van der Waals surface area (Å²) in [7, 11) is 0. The fourth-order valence-corrected chi connectivity index (χ4v) is 1.16. The number of ether oxygens (including phenoxy) is 1. The van der Waals surface area contributed by atoms with E-state index in [-0.39, 0.29) is 0 Å². The summed E-state index contributed by atoms with van der Waals surface area (Å²) < 4.78 is 5.09. The molecule has 0 atom stereocenters. The van der Waals surface area contributed by atoms with Crippen molar-refractivity contribution in [3.05, 3.63) is 29.3 Å². The highest BCUT2D eigenvalue weighted by Gasteiger charge is 2.16. The lowest BCUT2D eigenvalue weighted by Crippen LogP contribution is -2.27. The molecule has 82 valence electrons. The van der Waals surface area contributed by atoms with Gasteiger partial charge >= 0.3 is 6.09 Å². The van der Waals surface area contributed by atoms with E-state index in [4.69, 9.17) is 16.3 Å². The summed E-state index contributed by atoms with van der Waals surface area (Å²) in [5.74, 6) is 0. The van der Waals surface area contributed by atoms with E-state index in [1.54, 1.807) is 45.0 Å². The van der Waals surface area contributed by atoms with Gasteiger partial charge in [-0.2, -0.15) is 0 Å². The van der Waals surface area contributed by atoms with Crippen LogP contribution in [0.3, 0.4) is 0 Å². The molecule has 0 aliphatic carbocycles. The maximum atomic E-state index is 11.4. The van der Waals surface area contributed by atoms with Crippen molar-refractivity contribution in [3.63, 3.8) is 0 Å². The van der Waals surface area contributed by atoms with Crippen LogP contribution in [-0.2, 0) is 4.74 Å². The number of para-hydroxylation sites is 1. The molecule has 0 aromatic heterocycles. The van der Waals surface area contributed by atoms with Crippen molar-refractivity contribution < 1.29 is 9.53 Å². The molecule has 0 heterocycles. The quantitative estimate of drug-likeness (QED) is 0.795. The molecule has 1 N–H and O–H groups in total. The molecule has 0 bridgehead atoms. The summed E-state index contributed by atoms with van der Waals surface area (Å²) in [6.07, 6.45) is -0.504. The molecule has 1 aromatic carbocycles. The smallest absolute Gasteiger partial charge is 0.412 e. The van der Waals surface area contributed by atoms with Gasteiger partial charge in [0, 0.05) is 0 Å². The second kappa shape index (κ2) is 4.53. The molecular weight excluding hydrogens is 214 g/mol. The molecule has 0 aliphatic rings. The molecule has 1 rings (SSSR count). The van der Waals surface area contributed by atoms with Gasteiger partial charge in [0.25, 0.3) is 0 Å². The van der Waals surface area contributed by atoms with Crippen molar-refractivity contribution in [2.45, 2.75) is 26.4 Å². The number of hydrogen-bond acceptors (Lipinski definition) is 2. The number of carbonyl (C=O) groups is 1. The Bertz CT molecular complexity index is 358. The zero-order valence-electron chi connectivity index (χ0n) is 9.00. The predicted octanol–water partition coefficient (Wildman–Crippen LogP) is 3.69. The third kappa shape index (κ3) is 4.21. The third-order valence-corrected chi connectivity index (χ3v) is 1.84. The second-order valence-corrected chi connectivity index (χ2v) is 4.51. The van der Waals surface area contributed by atoms with Crippen molar-refractivity contribution >= 4 is 23.4 Å². The van der Waals surface area contributed by atoms with Gasteiger partial charge in [-0.25, -0.2) is 4.79 Å². The van der Waals surface area contributed by atoms with Gasteiger partial charge in [-0.1, -0.05) is 23.7 Å². The van der Waals surface area contributed by atoms with Crippen molar-refractivity contribution in [2.24, 2.45) is 0 Å². The summed E-state index contributed by atoms with van der Waals surface area (Å²) in [6.45, 7) is 5.41. The highest BCUT2D eigenvalue weighted by Crippen LogP contribution is 2.21. The van der Waals surface area contributed by atoms with Gasteiger partial charge in [0.05, 0.1) is 10.7 Å². The van der Waals surface area contributed by atoms with Crippen molar-refractivity contribution in [3.8, 4) is 0 Å². The van der Waals surface area contributed by atoms with Crippen LogP contribution in [-0.4, -0.2) is 11.7 Å². The van der Waals surface area contributed by atoms with Crippen molar-refractivity contribution in [2.75, 3.05) is 5.32 Å². The first-order chi connectivity index (χ1) is 6.88. The Balaban J connectivity index is 2.64. The van der Waals surface area contributed by atoms with E-state index in [1.165, 1.54) is 0 Å². The Morgan fingerprint density at radius 1 is 1.33 bits per heavy atom. The lowest BCUT2D eigenvalue weighted by molar-refractivity contribution is 0.0636. The van der Waals surface area contributed by atoms with Crippen molar-refractivity contribution in [1.82, 2.24) is 0 Å². The van der Waals surface area contributed by atoms with Crippen LogP contribution in [0.15, 0.2) is 24.3 Å². The van der Waals surface area contributed by atoms with E-state index in [0.29, 0.717) is 10.7 Å². The van der Waals surface area contributed by atoms with E-state index in [9.17, 15) is 4.79 Å². The fraction of sp³-hybridized carbons (Fsp3) is 0.364. The molecule has 1 aromatic rings. The van der Waals surface area contributed by atoms with Gasteiger partial charge in [0.1, 0.15) is 5.60 Å².